The van der Waals surface area contributed by atoms with Crippen molar-refractivity contribution in [3.63, 3.8) is 0 Å². The molecule has 1 heterocycles. The van der Waals surface area contributed by atoms with E-state index < -0.39 is 17.5 Å². The first-order valence-corrected chi connectivity index (χ1v) is 7.12. The van der Waals surface area contributed by atoms with Crippen LogP contribution in [0.5, 0.6) is 0 Å². The Morgan fingerprint density at radius 3 is 2.62 bits per heavy atom. The molecule has 1 amide bonds. The maximum Gasteiger partial charge on any atom is 0.242 e. The molecule has 0 aliphatic rings. The number of H-pyrrole nitrogens is 1. The SMILES string of the molecule is NC(=O)C(Nc1n[nH]c(=S)s1)C(N)(C=O)c1ccccc1. The molecule has 0 saturated heterocycles. The number of anilines is 1. The van der Waals surface area contributed by atoms with Crippen molar-refractivity contribution in [2.45, 2.75) is 11.6 Å². The maximum atomic E-state index is 11.8. The second-order valence-corrected chi connectivity index (χ2v) is 5.98. The standard InChI is InChI=1S/C12H13N5O2S2/c13-9(19)8(15-10-16-17-11(20)21-10)12(14,6-18)7-4-2-1-3-5-7/h1-6,8H,14H2,(H2,13,19)(H,15,16)(H,17,20). The van der Waals surface area contributed by atoms with Gasteiger partial charge in [-0.05, 0) is 17.8 Å². The number of carbonyl (C=O) groups is 2. The molecule has 7 nitrogen and oxygen atoms in total. The third kappa shape index (κ3) is 3.15. The quantitative estimate of drug-likeness (QED) is 0.453. The molecule has 0 spiro atoms. The van der Waals surface area contributed by atoms with Gasteiger partial charge in [-0.3, -0.25) is 9.89 Å². The second kappa shape index (κ2) is 6.12. The van der Waals surface area contributed by atoms with E-state index in [1.807, 2.05) is 0 Å². The molecular formula is C12H13N5O2S2. The predicted octanol–water partition coefficient (Wildman–Crippen LogP) is 0.520. The maximum absolute atomic E-state index is 11.8. The van der Waals surface area contributed by atoms with Gasteiger partial charge in [-0.1, -0.05) is 41.7 Å². The fourth-order valence-electron chi connectivity index (χ4n) is 1.87. The summed E-state index contributed by atoms with van der Waals surface area (Å²) in [4.78, 5) is 23.3. The first-order chi connectivity index (χ1) is 9.97. The third-order valence-electron chi connectivity index (χ3n) is 2.94. The smallest absolute Gasteiger partial charge is 0.242 e. The number of hydrogen-bond acceptors (Lipinski definition) is 7. The molecule has 0 radical (unpaired) electrons. The zero-order valence-corrected chi connectivity index (χ0v) is 12.4. The van der Waals surface area contributed by atoms with Gasteiger partial charge in [-0.15, -0.1) is 5.10 Å². The lowest BCUT2D eigenvalue weighted by Gasteiger charge is -2.31. The molecule has 0 saturated carbocycles. The van der Waals surface area contributed by atoms with E-state index in [1.165, 1.54) is 0 Å². The fourth-order valence-corrected chi connectivity index (χ4v) is 2.69. The average molecular weight is 323 g/mol. The third-order valence-corrected chi connectivity index (χ3v) is 3.96. The minimum atomic E-state index is -1.61. The summed E-state index contributed by atoms with van der Waals surface area (Å²) in [6, 6.07) is 7.36. The summed E-state index contributed by atoms with van der Waals surface area (Å²) in [5.74, 6) is -0.769. The Morgan fingerprint density at radius 2 is 2.14 bits per heavy atom. The van der Waals surface area contributed by atoms with Crippen LogP contribution in [0.4, 0.5) is 5.13 Å². The fraction of sp³-hybridized carbons (Fsp3) is 0.167. The van der Waals surface area contributed by atoms with E-state index in [1.54, 1.807) is 30.3 Å². The molecule has 2 rings (SSSR count). The lowest BCUT2D eigenvalue weighted by molar-refractivity contribution is -0.124. The van der Waals surface area contributed by atoms with Crippen LogP contribution in [0.3, 0.4) is 0 Å². The summed E-state index contributed by atoms with van der Waals surface area (Å²) in [6.45, 7) is 0. The van der Waals surface area contributed by atoms with E-state index in [0.29, 0.717) is 20.9 Å². The van der Waals surface area contributed by atoms with E-state index >= 15 is 0 Å². The van der Waals surface area contributed by atoms with Crippen molar-refractivity contribution in [1.29, 1.82) is 0 Å². The molecule has 0 aliphatic carbocycles. The number of carbonyl (C=O) groups excluding carboxylic acids is 2. The topological polar surface area (TPSA) is 127 Å². The van der Waals surface area contributed by atoms with E-state index in [4.69, 9.17) is 23.7 Å². The molecular weight excluding hydrogens is 310 g/mol. The number of amides is 1. The van der Waals surface area contributed by atoms with E-state index in [0.717, 1.165) is 11.3 Å². The zero-order valence-electron chi connectivity index (χ0n) is 10.8. The number of benzene rings is 1. The van der Waals surface area contributed by atoms with E-state index in [-0.39, 0.29) is 0 Å². The highest BCUT2D eigenvalue weighted by atomic mass is 32.1. The lowest BCUT2D eigenvalue weighted by atomic mass is 9.84. The van der Waals surface area contributed by atoms with E-state index in [9.17, 15) is 9.59 Å². The summed E-state index contributed by atoms with van der Waals surface area (Å²) < 4.78 is 0.425. The van der Waals surface area contributed by atoms with Crippen LogP contribution in [0, 0.1) is 3.95 Å². The summed E-state index contributed by atoms with van der Waals surface area (Å²) in [6.07, 6.45) is 0.497. The molecule has 21 heavy (non-hydrogen) atoms. The molecule has 9 heteroatoms. The Bertz CT molecular complexity index is 699. The van der Waals surface area contributed by atoms with Crippen LogP contribution in [0.15, 0.2) is 30.3 Å². The number of nitrogens with one attached hydrogen (secondary N) is 2. The number of primary amides is 1. The van der Waals surface area contributed by atoms with Crippen LogP contribution < -0.4 is 16.8 Å². The molecule has 1 aromatic carbocycles. The van der Waals surface area contributed by atoms with Gasteiger partial charge in [0.25, 0.3) is 0 Å². The number of aldehydes is 1. The number of rotatable bonds is 6. The minimum Gasteiger partial charge on any atom is -0.368 e. The van der Waals surface area contributed by atoms with Crippen molar-refractivity contribution in [2.75, 3.05) is 5.32 Å². The molecule has 0 aliphatic heterocycles. The van der Waals surface area contributed by atoms with Gasteiger partial charge in [-0.25, -0.2) is 0 Å². The molecule has 110 valence electrons. The molecule has 6 N–H and O–H groups in total. The van der Waals surface area contributed by atoms with Crippen LogP contribution in [0.25, 0.3) is 0 Å². The minimum absolute atomic E-state index is 0.330. The Hall–Kier alpha value is -2.10. The van der Waals surface area contributed by atoms with E-state index in [2.05, 4.69) is 15.5 Å². The van der Waals surface area contributed by atoms with Crippen LogP contribution in [0.2, 0.25) is 0 Å². The normalized spacial score (nSPS) is 14.9. The summed E-state index contributed by atoms with van der Waals surface area (Å²) >= 11 is 6.02. The van der Waals surface area contributed by atoms with Gasteiger partial charge in [0, 0.05) is 0 Å². The summed E-state index contributed by atoms with van der Waals surface area (Å²) in [7, 11) is 0. The summed E-state index contributed by atoms with van der Waals surface area (Å²) in [5.41, 5.74) is 10.4. The van der Waals surface area contributed by atoms with Crippen molar-refractivity contribution in [3.8, 4) is 0 Å². The zero-order chi connectivity index (χ0) is 15.5. The predicted molar refractivity (Wildman–Crippen MR) is 82.3 cm³/mol. The number of nitrogens with zero attached hydrogens (tertiary/aromatic N) is 1. The van der Waals surface area contributed by atoms with Gasteiger partial charge in [-0.2, -0.15) is 0 Å². The van der Waals surface area contributed by atoms with Crippen molar-refractivity contribution in [3.05, 3.63) is 39.8 Å². The monoisotopic (exact) mass is 323 g/mol. The van der Waals surface area contributed by atoms with Gasteiger partial charge < -0.3 is 21.6 Å². The van der Waals surface area contributed by atoms with Crippen molar-refractivity contribution in [2.24, 2.45) is 11.5 Å². The van der Waals surface area contributed by atoms with Crippen LogP contribution in [-0.2, 0) is 15.1 Å². The van der Waals surface area contributed by atoms with Gasteiger partial charge in [0.2, 0.25) is 11.0 Å². The Morgan fingerprint density at radius 1 is 1.48 bits per heavy atom. The highest BCUT2D eigenvalue weighted by Gasteiger charge is 2.41. The van der Waals surface area contributed by atoms with Gasteiger partial charge >= 0.3 is 0 Å². The highest BCUT2D eigenvalue weighted by molar-refractivity contribution is 7.73. The molecule has 0 fully saturated rings. The van der Waals surface area contributed by atoms with Crippen LogP contribution >= 0.6 is 23.6 Å². The Balaban J connectivity index is 2.41. The first-order valence-electron chi connectivity index (χ1n) is 5.89. The average Bonchev–Trinajstić information content (AvgIpc) is 2.90. The van der Waals surface area contributed by atoms with Crippen LogP contribution in [-0.4, -0.2) is 28.4 Å². The molecule has 2 unspecified atom stereocenters. The molecule has 1 aromatic heterocycles. The van der Waals surface area contributed by atoms with Crippen molar-refractivity contribution < 1.29 is 9.59 Å². The molecule has 2 aromatic rings. The second-order valence-electron chi connectivity index (χ2n) is 4.31. The largest absolute Gasteiger partial charge is 0.368 e. The Labute approximate surface area is 129 Å². The van der Waals surface area contributed by atoms with Gasteiger partial charge in [0.05, 0.1) is 0 Å². The Kier molecular flexibility index (Phi) is 4.46. The first kappa shape index (κ1) is 15.3. The number of hydrogen-bond donors (Lipinski definition) is 4. The molecule has 0 bridgehead atoms. The van der Waals surface area contributed by atoms with Gasteiger partial charge in [0.15, 0.2) is 3.95 Å². The number of aromatic amines is 1. The number of nitrogens with two attached hydrogens (primary N) is 2. The number of aromatic nitrogens is 2. The summed E-state index contributed by atoms with van der Waals surface area (Å²) in [5, 5.41) is 9.54. The molecule has 2 atom stereocenters. The van der Waals surface area contributed by atoms with Crippen molar-refractivity contribution in [1.82, 2.24) is 10.2 Å². The van der Waals surface area contributed by atoms with Crippen LogP contribution in [0.1, 0.15) is 5.56 Å². The highest BCUT2D eigenvalue weighted by Crippen LogP contribution is 2.24. The van der Waals surface area contributed by atoms with Crippen molar-refractivity contribution >= 4 is 40.9 Å². The van der Waals surface area contributed by atoms with Gasteiger partial charge in [0.1, 0.15) is 17.9 Å². The lowest BCUT2D eigenvalue weighted by Crippen LogP contribution is -2.58.